The van der Waals surface area contributed by atoms with E-state index in [4.69, 9.17) is 9.47 Å². The minimum Gasteiger partial charge on any atom is -0.492 e. The van der Waals surface area contributed by atoms with Gasteiger partial charge in [-0.25, -0.2) is 35.1 Å². The molecule has 0 bridgehead atoms. The van der Waals surface area contributed by atoms with Gasteiger partial charge < -0.3 is 19.4 Å². The van der Waals surface area contributed by atoms with Crippen LogP contribution in [0.5, 0.6) is 11.5 Å². The highest BCUT2D eigenvalue weighted by Gasteiger charge is 2.48. The van der Waals surface area contributed by atoms with Crippen LogP contribution in [-0.4, -0.2) is 125 Å². The van der Waals surface area contributed by atoms with E-state index in [1.165, 1.54) is 9.80 Å². The van der Waals surface area contributed by atoms with E-state index in [9.17, 15) is 13.2 Å². The number of alkyl halides is 5. The molecule has 0 aliphatic carbocycles. The molecule has 6 aromatic rings. The molecule has 4 aliphatic rings. The molecule has 4 aliphatic heterocycles. The maximum atomic E-state index is 16.6. The highest BCUT2D eigenvalue weighted by molar-refractivity contribution is 5.86. The van der Waals surface area contributed by atoms with Crippen LogP contribution in [0, 0.1) is 29.2 Å². The zero-order valence-corrected chi connectivity index (χ0v) is 40.0. The Bertz CT molecular complexity index is 2830. The van der Waals surface area contributed by atoms with Crippen molar-refractivity contribution in [2.45, 2.75) is 94.9 Å². The average molecular weight is 995 g/mol. The number of ether oxygens (including phenoxy) is 2. The number of aromatic amines is 2. The molecule has 2 fully saturated rings. The Hall–Kier alpha value is -5.23. The first-order valence-electron chi connectivity index (χ1n) is 24.7. The molecule has 380 valence electrons. The second-order valence-electron chi connectivity index (χ2n) is 20.4. The van der Waals surface area contributed by atoms with Crippen LogP contribution in [0.25, 0.3) is 21.8 Å². The second kappa shape index (κ2) is 19.7. The lowest BCUT2D eigenvalue weighted by atomic mass is 9.79. The molecule has 0 saturated carbocycles. The van der Waals surface area contributed by atoms with E-state index in [1.807, 2.05) is 53.4 Å². The average Bonchev–Trinajstić information content (AvgIpc) is 4.05. The van der Waals surface area contributed by atoms with Crippen molar-refractivity contribution in [1.29, 1.82) is 0 Å². The third kappa shape index (κ3) is 10.00. The Labute approximate surface area is 407 Å². The zero-order valence-electron chi connectivity index (χ0n) is 40.0. The molecule has 17 heteroatoms. The third-order valence-corrected chi connectivity index (χ3v) is 15.2. The predicted molar refractivity (Wildman–Crippen MR) is 254 cm³/mol. The van der Waals surface area contributed by atoms with Gasteiger partial charge in [-0.3, -0.25) is 24.0 Å². The first kappa shape index (κ1) is 49.4. The number of rotatable bonds is 17. The highest BCUT2D eigenvalue weighted by atomic mass is 19.3. The second-order valence-corrected chi connectivity index (χ2v) is 20.4. The van der Waals surface area contributed by atoms with Crippen molar-refractivity contribution >= 4 is 21.8 Å². The normalized spacial score (nSPS) is 23.6. The molecule has 71 heavy (non-hydrogen) atoms. The van der Waals surface area contributed by atoms with Gasteiger partial charge in [-0.1, -0.05) is 36.4 Å². The number of nitrogens with zero attached hydrogens (tertiary/aromatic N) is 4. The molecular formula is C54H59F9N6O2. The fraction of sp³-hybridized carbons (Fsp3) is 0.481. The van der Waals surface area contributed by atoms with E-state index < -0.39 is 102 Å². The van der Waals surface area contributed by atoms with E-state index in [0.717, 1.165) is 91.5 Å². The van der Waals surface area contributed by atoms with Gasteiger partial charge >= 0.3 is 0 Å². The topological polar surface area (TPSA) is 63.0 Å². The van der Waals surface area contributed by atoms with Crippen molar-refractivity contribution < 1.29 is 49.0 Å². The highest BCUT2D eigenvalue weighted by Crippen LogP contribution is 2.47. The molecule has 0 amide bonds. The summed E-state index contributed by atoms with van der Waals surface area (Å²) in [6, 6.07) is 14.8. The van der Waals surface area contributed by atoms with Gasteiger partial charge in [0.05, 0.1) is 31.8 Å². The molecular weight excluding hydrogens is 936 g/mol. The Morgan fingerprint density at radius 3 is 1.65 bits per heavy atom. The molecule has 0 radical (unpaired) electrons. The first-order chi connectivity index (χ1) is 33.9. The van der Waals surface area contributed by atoms with Crippen molar-refractivity contribution in [2.24, 2.45) is 5.92 Å². The molecule has 0 spiro atoms. The smallest absolute Gasteiger partial charge is 0.257 e. The van der Waals surface area contributed by atoms with Gasteiger partial charge in [0.1, 0.15) is 48.0 Å². The number of hydrogen-bond donors (Lipinski definition) is 2. The van der Waals surface area contributed by atoms with Gasteiger partial charge in [0.2, 0.25) is 0 Å². The number of benzene rings is 4. The lowest BCUT2D eigenvalue weighted by Gasteiger charge is -2.51. The van der Waals surface area contributed by atoms with Gasteiger partial charge in [-0.05, 0) is 75.4 Å². The van der Waals surface area contributed by atoms with Gasteiger partial charge in [0.15, 0.2) is 0 Å². The summed E-state index contributed by atoms with van der Waals surface area (Å²) in [4.78, 5) is 13.6. The summed E-state index contributed by atoms with van der Waals surface area (Å²) >= 11 is 0. The molecule has 2 aromatic heterocycles. The van der Waals surface area contributed by atoms with Crippen LogP contribution < -0.4 is 9.47 Å². The summed E-state index contributed by atoms with van der Waals surface area (Å²) in [6.45, 7) is 4.05. The SMILES string of the molecule is C[C@@H]1Cc2c([nH]c3ccccc23)[C@@H](c2c(F)cc(OCCN3CC(CF)C3C[C@@H]3Cc4c([nH]c5ccccc45)[C@@H](c4c(F)cc(OCCN5CCCC5)cc4F)N3CC(C)(F)F)cc2F)N1CC(C)(F)F. The number of para-hydroxylation sites is 2. The van der Waals surface area contributed by atoms with Crippen LogP contribution in [0.15, 0.2) is 72.8 Å². The van der Waals surface area contributed by atoms with Gasteiger partial charge in [0.25, 0.3) is 11.8 Å². The van der Waals surface area contributed by atoms with Crippen molar-refractivity contribution in [3.05, 3.63) is 130 Å². The van der Waals surface area contributed by atoms with Crippen molar-refractivity contribution in [3.63, 3.8) is 0 Å². The molecule has 6 heterocycles. The van der Waals surface area contributed by atoms with Gasteiger partial charge in [-0.15, -0.1) is 0 Å². The van der Waals surface area contributed by atoms with Crippen molar-refractivity contribution in [2.75, 3.05) is 65.7 Å². The largest absolute Gasteiger partial charge is 0.492 e. The lowest BCUT2D eigenvalue weighted by molar-refractivity contribution is -0.0628. The van der Waals surface area contributed by atoms with Crippen LogP contribution in [0.2, 0.25) is 0 Å². The maximum absolute atomic E-state index is 16.6. The summed E-state index contributed by atoms with van der Waals surface area (Å²) in [7, 11) is 0. The predicted octanol–water partition coefficient (Wildman–Crippen LogP) is 11.4. The van der Waals surface area contributed by atoms with Gasteiger partial charge in [-0.2, -0.15) is 0 Å². The molecule has 2 unspecified atom stereocenters. The number of likely N-dealkylation sites (tertiary alicyclic amines) is 2. The van der Waals surface area contributed by atoms with Crippen LogP contribution in [0.3, 0.4) is 0 Å². The Balaban J connectivity index is 0.897. The molecule has 6 atom stereocenters. The van der Waals surface area contributed by atoms with Crippen LogP contribution in [-0.2, 0) is 12.8 Å². The first-order valence-corrected chi connectivity index (χ1v) is 24.7. The summed E-state index contributed by atoms with van der Waals surface area (Å²) in [5, 5.41) is 1.64. The number of halogens is 9. The van der Waals surface area contributed by atoms with Crippen LogP contribution in [0.1, 0.15) is 85.8 Å². The fourth-order valence-electron chi connectivity index (χ4n) is 12.0. The summed E-state index contributed by atoms with van der Waals surface area (Å²) in [5.74, 6) is -10.9. The Morgan fingerprint density at radius 2 is 1.13 bits per heavy atom. The van der Waals surface area contributed by atoms with Gasteiger partial charge in [0, 0.05) is 126 Å². The van der Waals surface area contributed by atoms with E-state index >= 15 is 26.3 Å². The number of aromatic nitrogens is 2. The zero-order chi connectivity index (χ0) is 49.9. The van der Waals surface area contributed by atoms with Crippen LogP contribution >= 0.6 is 0 Å². The van der Waals surface area contributed by atoms with E-state index in [1.54, 1.807) is 6.92 Å². The van der Waals surface area contributed by atoms with E-state index in [0.29, 0.717) is 29.9 Å². The summed E-state index contributed by atoms with van der Waals surface area (Å²) < 4.78 is 153. The molecule has 4 aromatic carbocycles. The van der Waals surface area contributed by atoms with Crippen molar-refractivity contribution in [1.82, 2.24) is 29.6 Å². The lowest BCUT2D eigenvalue weighted by Crippen LogP contribution is -2.61. The van der Waals surface area contributed by atoms with E-state index in [-0.39, 0.29) is 50.6 Å². The molecule has 8 nitrogen and oxygen atoms in total. The summed E-state index contributed by atoms with van der Waals surface area (Å²) in [6.07, 6.45) is 2.93. The van der Waals surface area contributed by atoms with E-state index in [2.05, 4.69) is 14.9 Å². The minimum atomic E-state index is -3.30. The molecule has 2 N–H and O–H groups in total. The number of nitrogens with one attached hydrogen (secondary N) is 2. The number of H-pyrrole nitrogens is 2. The molecule has 10 rings (SSSR count). The quantitative estimate of drug-likeness (QED) is 0.0888. The standard InChI is InChI=1S/C54H59F9N6O2/c1-31-20-38-36-10-4-6-12-44(36)64-49(38)51(68(31)29-53(2,60)61)47-40(56)25-35(26-41(47)57)71-19-17-67-28-32(27-55)46(67)22-33-21-39-37-11-5-7-13-45(37)65-50(39)52(69(33)30-54(3,62)63)48-42(58)23-34(24-43(48)59)70-18-16-66-14-8-9-15-66/h4-7,10-13,23-26,31-33,46,51-52,64-65H,8-9,14-22,27-30H2,1-3H3/t31-,32?,33+,46?,51-,52-/m1/s1. The minimum absolute atomic E-state index is 0.00661. The Kier molecular flexibility index (Phi) is 13.7. The third-order valence-electron chi connectivity index (χ3n) is 15.2. The number of fused-ring (bicyclic) bond motifs is 6. The maximum Gasteiger partial charge on any atom is 0.257 e. The fourth-order valence-corrected chi connectivity index (χ4v) is 12.0. The Morgan fingerprint density at radius 1 is 0.648 bits per heavy atom. The number of hydrogen-bond acceptors (Lipinski definition) is 6. The molecule has 2 saturated heterocycles. The summed E-state index contributed by atoms with van der Waals surface area (Å²) in [5.41, 5.74) is 2.98. The van der Waals surface area contributed by atoms with Crippen molar-refractivity contribution in [3.8, 4) is 11.5 Å². The van der Waals surface area contributed by atoms with Crippen LogP contribution in [0.4, 0.5) is 39.5 Å². The monoisotopic (exact) mass is 994 g/mol.